The maximum atomic E-state index is 8.82. The molecule has 0 radical (unpaired) electrons. The number of furan rings is 1. The molecule has 3 nitrogen and oxygen atoms in total. The minimum absolute atomic E-state index is 0.0105. The fourth-order valence-electron chi connectivity index (χ4n) is 1.98. The van der Waals surface area contributed by atoms with Crippen LogP contribution in [-0.4, -0.2) is 11.1 Å². The van der Waals surface area contributed by atoms with E-state index in [1.165, 1.54) is 25.7 Å². The summed E-state index contributed by atoms with van der Waals surface area (Å²) in [5, 5.41) is 12.3. The Morgan fingerprint density at radius 3 is 2.64 bits per heavy atom. The molecule has 1 aromatic rings. The molecule has 2 N–H and O–H groups in total. The zero-order valence-electron chi connectivity index (χ0n) is 8.33. The van der Waals surface area contributed by atoms with Crippen LogP contribution in [0.2, 0.25) is 0 Å². The van der Waals surface area contributed by atoms with Gasteiger partial charge < -0.3 is 14.8 Å². The molecule has 0 saturated heterocycles. The first-order chi connectivity index (χ1) is 6.88. The summed E-state index contributed by atoms with van der Waals surface area (Å²) in [4.78, 5) is 0. The van der Waals surface area contributed by atoms with Crippen molar-refractivity contribution < 1.29 is 9.52 Å². The van der Waals surface area contributed by atoms with Gasteiger partial charge in [0.1, 0.15) is 18.1 Å². The van der Waals surface area contributed by atoms with Crippen molar-refractivity contribution >= 4 is 0 Å². The molecular formula is C11H17NO2. The Morgan fingerprint density at radius 2 is 2.00 bits per heavy atom. The third-order valence-corrected chi connectivity index (χ3v) is 2.79. The highest BCUT2D eigenvalue weighted by atomic mass is 16.4. The molecule has 0 spiro atoms. The molecule has 0 atom stereocenters. The van der Waals surface area contributed by atoms with Crippen molar-refractivity contribution in [2.75, 3.05) is 0 Å². The number of aliphatic hydroxyl groups excluding tert-OH is 1. The van der Waals surface area contributed by atoms with Crippen molar-refractivity contribution in [1.29, 1.82) is 0 Å². The van der Waals surface area contributed by atoms with Gasteiger partial charge in [0.15, 0.2) is 0 Å². The molecule has 1 aromatic heterocycles. The Morgan fingerprint density at radius 1 is 1.29 bits per heavy atom. The predicted octanol–water partition coefficient (Wildman–Crippen LogP) is 1.80. The number of rotatable bonds is 4. The van der Waals surface area contributed by atoms with Crippen molar-refractivity contribution in [1.82, 2.24) is 5.32 Å². The SMILES string of the molecule is OCc1ccc(CNC2CCCC2)o1. The monoisotopic (exact) mass is 195 g/mol. The summed E-state index contributed by atoms with van der Waals surface area (Å²) in [6.45, 7) is 0.772. The lowest BCUT2D eigenvalue weighted by atomic mass is 10.2. The zero-order chi connectivity index (χ0) is 9.80. The quantitative estimate of drug-likeness (QED) is 0.770. The molecule has 3 heteroatoms. The van der Waals surface area contributed by atoms with Crippen molar-refractivity contribution in [3.8, 4) is 0 Å². The Bertz CT molecular complexity index is 277. The fraction of sp³-hybridized carbons (Fsp3) is 0.636. The van der Waals surface area contributed by atoms with Crippen LogP contribution in [0.4, 0.5) is 0 Å². The van der Waals surface area contributed by atoms with Crippen LogP contribution >= 0.6 is 0 Å². The van der Waals surface area contributed by atoms with Gasteiger partial charge in [-0.05, 0) is 25.0 Å². The van der Waals surface area contributed by atoms with Gasteiger partial charge in [-0.2, -0.15) is 0 Å². The lowest BCUT2D eigenvalue weighted by Crippen LogP contribution is -2.24. The topological polar surface area (TPSA) is 45.4 Å². The summed E-state index contributed by atoms with van der Waals surface area (Å²) >= 11 is 0. The third kappa shape index (κ3) is 2.36. The average molecular weight is 195 g/mol. The second kappa shape index (κ2) is 4.62. The first-order valence-corrected chi connectivity index (χ1v) is 5.30. The van der Waals surface area contributed by atoms with E-state index in [9.17, 15) is 0 Å². The molecule has 0 aromatic carbocycles. The van der Waals surface area contributed by atoms with Crippen LogP contribution in [-0.2, 0) is 13.2 Å². The average Bonchev–Trinajstić information content (AvgIpc) is 2.86. The lowest BCUT2D eigenvalue weighted by Gasteiger charge is -2.09. The van der Waals surface area contributed by atoms with Gasteiger partial charge in [-0.15, -0.1) is 0 Å². The van der Waals surface area contributed by atoms with Crippen LogP contribution in [0.1, 0.15) is 37.2 Å². The van der Waals surface area contributed by atoms with Gasteiger partial charge in [-0.1, -0.05) is 12.8 Å². The fourth-order valence-corrected chi connectivity index (χ4v) is 1.98. The molecular weight excluding hydrogens is 178 g/mol. The van der Waals surface area contributed by atoms with Crippen LogP contribution in [0.15, 0.2) is 16.5 Å². The molecule has 0 amide bonds. The van der Waals surface area contributed by atoms with E-state index in [1.54, 1.807) is 0 Å². The van der Waals surface area contributed by atoms with Crippen molar-refractivity contribution in [2.24, 2.45) is 0 Å². The van der Waals surface area contributed by atoms with E-state index >= 15 is 0 Å². The largest absolute Gasteiger partial charge is 0.462 e. The van der Waals surface area contributed by atoms with E-state index in [0.29, 0.717) is 11.8 Å². The van der Waals surface area contributed by atoms with Gasteiger partial charge >= 0.3 is 0 Å². The number of nitrogens with one attached hydrogen (secondary N) is 1. The van der Waals surface area contributed by atoms with Crippen molar-refractivity contribution in [2.45, 2.75) is 44.9 Å². The second-order valence-electron chi connectivity index (χ2n) is 3.89. The van der Waals surface area contributed by atoms with E-state index < -0.39 is 0 Å². The Labute approximate surface area is 84.1 Å². The van der Waals surface area contributed by atoms with Crippen LogP contribution < -0.4 is 5.32 Å². The maximum Gasteiger partial charge on any atom is 0.129 e. The normalized spacial score (nSPS) is 17.8. The summed E-state index contributed by atoms with van der Waals surface area (Å²) in [7, 11) is 0. The first kappa shape index (κ1) is 9.74. The summed E-state index contributed by atoms with van der Waals surface area (Å²) in [5.74, 6) is 1.56. The zero-order valence-corrected chi connectivity index (χ0v) is 8.33. The summed E-state index contributed by atoms with van der Waals surface area (Å²) in [6.07, 6.45) is 5.26. The number of hydrogen-bond donors (Lipinski definition) is 2. The molecule has 1 aliphatic carbocycles. The summed E-state index contributed by atoms with van der Waals surface area (Å²) in [6, 6.07) is 4.41. The Kier molecular flexibility index (Phi) is 3.22. The van der Waals surface area contributed by atoms with Crippen molar-refractivity contribution in [3.63, 3.8) is 0 Å². The summed E-state index contributed by atoms with van der Waals surface area (Å²) in [5.41, 5.74) is 0. The molecule has 1 saturated carbocycles. The molecule has 1 aliphatic rings. The van der Waals surface area contributed by atoms with Crippen LogP contribution in [0.25, 0.3) is 0 Å². The predicted molar refractivity (Wildman–Crippen MR) is 53.7 cm³/mol. The van der Waals surface area contributed by atoms with Gasteiger partial charge in [0.05, 0.1) is 6.54 Å². The molecule has 78 valence electrons. The molecule has 0 unspecified atom stereocenters. The van der Waals surface area contributed by atoms with Crippen molar-refractivity contribution in [3.05, 3.63) is 23.7 Å². The second-order valence-corrected chi connectivity index (χ2v) is 3.89. The minimum Gasteiger partial charge on any atom is -0.462 e. The molecule has 0 aliphatic heterocycles. The smallest absolute Gasteiger partial charge is 0.129 e. The first-order valence-electron chi connectivity index (χ1n) is 5.30. The van der Waals surface area contributed by atoms with E-state index in [2.05, 4.69) is 5.32 Å². The molecule has 1 fully saturated rings. The Balaban J connectivity index is 1.79. The lowest BCUT2D eigenvalue weighted by molar-refractivity contribution is 0.242. The van der Waals surface area contributed by atoms with Crippen LogP contribution in [0.5, 0.6) is 0 Å². The van der Waals surface area contributed by atoms with E-state index in [4.69, 9.17) is 9.52 Å². The minimum atomic E-state index is -0.0105. The summed E-state index contributed by atoms with van der Waals surface area (Å²) < 4.78 is 5.38. The third-order valence-electron chi connectivity index (χ3n) is 2.79. The standard InChI is InChI=1S/C11H17NO2/c13-8-11-6-5-10(14-11)7-12-9-3-1-2-4-9/h5-6,9,12-13H,1-4,7-8H2. The highest BCUT2D eigenvalue weighted by Gasteiger charge is 2.14. The highest BCUT2D eigenvalue weighted by molar-refractivity contribution is 5.06. The van der Waals surface area contributed by atoms with Gasteiger partial charge in [0.25, 0.3) is 0 Å². The van der Waals surface area contributed by atoms with Gasteiger partial charge in [-0.25, -0.2) is 0 Å². The molecule has 1 heterocycles. The molecule has 0 bridgehead atoms. The van der Waals surface area contributed by atoms with Gasteiger partial charge in [0, 0.05) is 6.04 Å². The molecule has 14 heavy (non-hydrogen) atoms. The van der Waals surface area contributed by atoms with Crippen LogP contribution in [0, 0.1) is 0 Å². The van der Waals surface area contributed by atoms with Gasteiger partial charge in [0.2, 0.25) is 0 Å². The maximum absolute atomic E-state index is 8.82. The number of hydrogen-bond acceptors (Lipinski definition) is 3. The molecule has 2 rings (SSSR count). The van der Waals surface area contributed by atoms with Crippen LogP contribution in [0.3, 0.4) is 0 Å². The van der Waals surface area contributed by atoms with E-state index in [0.717, 1.165) is 12.3 Å². The van der Waals surface area contributed by atoms with E-state index in [-0.39, 0.29) is 6.61 Å². The Hall–Kier alpha value is -0.800. The van der Waals surface area contributed by atoms with Gasteiger partial charge in [-0.3, -0.25) is 0 Å². The number of aliphatic hydroxyl groups is 1. The van der Waals surface area contributed by atoms with E-state index in [1.807, 2.05) is 12.1 Å². The highest BCUT2D eigenvalue weighted by Crippen LogP contribution is 2.18.